The van der Waals surface area contributed by atoms with Crippen LogP contribution in [-0.4, -0.2) is 5.11 Å². The zero-order valence-corrected chi connectivity index (χ0v) is 18.7. The minimum absolute atomic E-state index is 0. The van der Waals surface area contributed by atoms with E-state index in [2.05, 4.69) is 91.0 Å². The number of hydrogen-bond donors (Lipinski definition) is 1. The molecule has 1 N–H and O–H groups in total. The van der Waals surface area contributed by atoms with Gasteiger partial charge in [0.2, 0.25) is 0 Å². The van der Waals surface area contributed by atoms with Gasteiger partial charge in [-0.1, -0.05) is 118 Å². The van der Waals surface area contributed by atoms with Crippen molar-refractivity contribution in [2.45, 2.75) is 11.3 Å². The largest absolute Gasteiger partial charge is 0.508 e. The van der Waals surface area contributed by atoms with Gasteiger partial charge in [-0.05, 0) is 34.5 Å². The average Bonchev–Trinajstić information content (AvgIpc) is 2.78. The highest BCUT2D eigenvalue weighted by Crippen LogP contribution is 2.54. The van der Waals surface area contributed by atoms with Crippen molar-refractivity contribution in [1.82, 2.24) is 0 Å². The molecule has 4 aromatic carbocycles. The van der Waals surface area contributed by atoms with Gasteiger partial charge in [0.1, 0.15) is 5.75 Å². The number of phenolic OH excluding ortho intramolecular Hbond substituents is 1. The van der Waals surface area contributed by atoms with Crippen LogP contribution in [0.3, 0.4) is 0 Å². The zero-order valence-electron chi connectivity index (χ0n) is 16.0. The van der Waals surface area contributed by atoms with Crippen molar-refractivity contribution in [2.75, 3.05) is 0 Å². The lowest BCUT2D eigenvalue weighted by Crippen LogP contribution is -2.24. The molecular formula is C26H24BrOP. The summed E-state index contributed by atoms with van der Waals surface area (Å²) in [4.78, 5) is 0. The van der Waals surface area contributed by atoms with Crippen molar-refractivity contribution in [3.8, 4) is 5.75 Å². The van der Waals surface area contributed by atoms with Crippen LogP contribution < -0.4 is 0 Å². The summed E-state index contributed by atoms with van der Waals surface area (Å²) >= 11 is 0. The Labute approximate surface area is 185 Å². The van der Waals surface area contributed by atoms with Crippen LogP contribution in [0.5, 0.6) is 5.75 Å². The van der Waals surface area contributed by atoms with Crippen molar-refractivity contribution >= 4 is 25.6 Å². The molecule has 0 aliphatic heterocycles. The summed E-state index contributed by atoms with van der Waals surface area (Å²) in [7, 11) is 0.540. The predicted molar refractivity (Wildman–Crippen MR) is 130 cm³/mol. The van der Waals surface area contributed by atoms with Crippen LogP contribution in [0.1, 0.15) is 22.3 Å². The molecule has 0 bridgehead atoms. The molecular weight excluding hydrogens is 439 g/mol. The van der Waals surface area contributed by atoms with Gasteiger partial charge < -0.3 is 5.11 Å². The van der Waals surface area contributed by atoms with Crippen LogP contribution in [-0.2, 0) is 11.3 Å². The Morgan fingerprint density at radius 1 is 0.552 bits per heavy atom. The molecule has 0 saturated carbocycles. The molecule has 0 spiro atoms. The molecule has 0 heterocycles. The zero-order chi connectivity index (χ0) is 19.2. The second kappa shape index (κ2) is 9.87. The summed E-state index contributed by atoms with van der Waals surface area (Å²) < 4.78 is 0. The molecule has 0 fully saturated rings. The fraction of sp³-hybridized carbons (Fsp3) is 0.0769. The summed E-state index contributed by atoms with van der Waals surface area (Å²) in [5, 5.41) is 10.1. The van der Waals surface area contributed by atoms with Gasteiger partial charge in [0.05, 0.1) is 5.16 Å². The van der Waals surface area contributed by atoms with E-state index in [0.717, 1.165) is 11.7 Å². The van der Waals surface area contributed by atoms with Gasteiger partial charge in [0.15, 0.2) is 0 Å². The molecule has 1 unspecified atom stereocenters. The number of hydrogen-bond acceptors (Lipinski definition) is 1. The summed E-state index contributed by atoms with van der Waals surface area (Å²) in [5.41, 5.74) is 4.83. The first-order valence-electron chi connectivity index (χ1n) is 9.49. The van der Waals surface area contributed by atoms with E-state index in [1.54, 1.807) is 6.07 Å². The van der Waals surface area contributed by atoms with E-state index in [4.69, 9.17) is 0 Å². The molecule has 0 aliphatic rings. The second-order valence-electron chi connectivity index (χ2n) is 6.83. The highest BCUT2D eigenvalue weighted by molar-refractivity contribution is 8.93. The van der Waals surface area contributed by atoms with Gasteiger partial charge in [-0.3, -0.25) is 0 Å². The van der Waals surface area contributed by atoms with E-state index >= 15 is 0 Å². The highest BCUT2D eigenvalue weighted by Gasteiger charge is 2.36. The Kier molecular flexibility index (Phi) is 7.25. The van der Waals surface area contributed by atoms with Crippen LogP contribution in [0.25, 0.3) is 0 Å². The Bertz CT molecular complexity index is 923. The summed E-state index contributed by atoms with van der Waals surface area (Å²) in [6, 6.07) is 39.9. The molecule has 1 nitrogen and oxygen atoms in total. The lowest BCUT2D eigenvalue weighted by atomic mass is 9.84. The van der Waals surface area contributed by atoms with Crippen LogP contribution >= 0.6 is 25.6 Å². The van der Waals surface area contributed by atoms with Gasteiger partial charge in [0, 0.05) is 0 Å². The molecule has 29 heavy (non-hydrogen) atoms. The number of halogens is 1. The first-order chi connectivity index (χ1) is 13.8. The molecule has 146 valence electrons. The lowest BCUT2D eigenvalue weighted by molar-refractivity contribution is 0.470. The maximum absolute atomic E-state index is 10.3. The minimum atomic E-state index is -0.258. The van der Waals surface area contributed by atoms with Gasteiger partial charge in [-0.15, -0.1) is 17.0 Å². The van der Waals surface area contributed by atoms with Crippen molar-refractivity contribution in [3.63, 3.8) is 0 Å². The van der Waals surface area contributed by atoms with E-state index in [0.29, 0.717) is 14.3 Å². The Morgan fingerprint density at radius 2 is 0.931 bits per heavy atom. The molecule has 1 atom stereocenters. The second-order valence-corrected chi connectivity index (χ2v) is 8.29. The van der Waals surface area contributed by atoms with Crippen LogP contribution in [0.2, 0.25) is 0 Å². The topological polar surface area (TPSA) is 20.2 Å². The number of aromatic hydroxyl groups is 1. The van der Waals surface area contributed by atoms with Crippen LogP contribution in [0.15, 0.2) is 115 Å². The van der Waals surface area contributed by atoms with Gasteiger partial charge in [-0.25, -0.2) is 0 Å². The standard InChI is InChI=1S/C26H23OP.BrH/c27-25-19-11-10-12-21(25)20-28-26(22-13-4-1-5-14-22,23-15-6-2-7-16-23)24-17-8-3-9-18-24;/h1-19,27-28H,20H2;1H. The van der Waals surface area contributed by atoms with Crippen molar-refractivity contribution in [3.05, 3.63) is 138 Å². The maximum atomic E-state index is 10.3. The van der Waals surface area contributed by atoms with Crippen LogP contribution in [0, 0.1) is 0 Å². The van der Waals surface area contributed by atoms with E-state index in [9.17, 15) is 5.11 Å². The van der Waals surface area contributed by atoms with Gasteiger partial charge >= 0.3 is 0 Å². The number of rotatable bonds is 6. The Morgan fingerprint density at radius 3 is 1.34 bits per heavy atom. The van der Waals surface area contributed by atoms with E-state index in [1.807, 2.05) is 18.2 Å². The third kappa shape index (κ3) is 4.45. The molecule has 0 radical (unpaired) electrons. The maximum Gasteiger partial charge on any atom is 0.119 e. The number of para-hydroxylation sites is 1. The van der Waals surface area contributed by atoms with Crippen molar-refractivity contribution in [1.29, 1.82) is 0 Å². The molecule has 0 saturated heterocycles. The van der Waals surface area contributed by atoms with Crippen LogP contribution in [0.4, 0.5) is 0 Å². The first kappa shape index (κ1) is 21.3. The quantitative estimate of drug-likeness (QED) is 0.238. The van der Waals surface area contributed by atoms with Crippen molar-refractivity contribution < 1.29 is 5.11 Å². The van der Waals surface area contributed by atoms with Gasteiger partial charge in [-0.2, -0.15) is 0 Å². The predicted octanol–water partition coefficient (Wildman–Crippen LogP) is 7.14. The third-order valence-electron chi connectivity index (χ3n) is 5.16. The molecule has 0 aromatic heterocycles. The minimum Gasteiger partial charge on any atom is -0.508 e. The highest BCUT2D eigenvalue weighted by atomic mass is 79.9. The molecule has 3 heteroatoms. The van der Waals surface area contributed by atoms with Gasteiger partial charge in [0.25, 0.3) is 0 Å². The summed E-state index contributed by atoms with van der Waals surface area (Å²) in [6.45, 7) is 0. The van der Waals surface area contributed by atoms with E-state index < -0.39 is 0 Å². The average molecular weight is 463 g/mol. The van der Waals surface area contributed by atoms with Crippen molar-refractivity contribution in [2.24, 2.45) is 0 Å². The fourth-order valence-corrected chi connectivity index (χ4v) is 5.63. The Hall–Kier alpha value is -2.41. The normalized spacial score (nSPS) is 11.3. The molecule has 4 aromatic rings. The van der Waals surface area contributed by atoms with E-state index in [1.165, 1.54) is 16.7 Å². The van der Waals surface area contributed by atoms with E-state index in [-0.39, 0.29) is 22.1 Å². The first-order valence-corrected chi connectivity index (χ1v) is 10.7. The Balaban J connectivity index is 0.00000240. The molecule has 0 amide bonds. The number of benzene rings is 4. The molecule has 0 aliphatic carbocycles. The summed E-state index contributed by atoms with van der Waals surface area (Å²) in [6.07, 6.45) is 0.811. The monoisotopic (exact) mass is 462 g/mol. The SMILES string of the molecule is Br.Oc1ccccc1CPC(c1ccccc1)(c1ccccc1)c1ccccc1. The lowest BCUT2D eigenvalue weighted by Gasteiger charge is -2.36. The smallest absolute Gasteiger partial charge is 0.119 e. The fourth-order valence-electron chi connectivity index (χ4n) is 3.76. The third-order valence-corrected chi connectivity index (χ3v) is 7.11. The molecule has 4 rings (SSSR count). The summed E-state index contributed by atoms with van der Waals surface area (Å²) in [5.74, 6) is 0.373. The number of phenols is 1.